The third kappa shape index (κ3) is 4.04. The third-order valence-electron chi connectivity index (χ3n) is 4.79. The zero-order valence-corrected chi connectivity index (χ0v) is 15.6. The molecule has 1 aromatic carbocycles. The fraction of sp³-hybridized carbons (Fsp3) is 0.409. The summed E-state index contributed by atoms with van der Waals surface area (Å²) >= 11 is 0. The van der Waals surface area contributed by atoms with E-state index in [0.717, 1.165) is 41.8 Å². The number of ketones is 1. The Bertz CT molecular complexity index is 835. The summed E-state index contributed by atoms with van der Waals surface area (Å²) in [4.78, 5) is 14.2. The summed E-state index contributed by atoms with van der Waals surface area (Å²) in [6, 6.07) is 8.40. The van der Waals surface area contributed by atoms with Crippen molar-refractivity contribution in [3.63, 3.8) is 0 Å². The highest BCUT2D eigenvalue weighted by atomic mass is 16.3. The number of anilines is 1. The van der Waals surface area contributed by atoms with Crippen LogP contribution in [0.1, 0.15) is 46.3 Å². The van der Waals surface area contributed by atoms with Crippen LogP contribution < -0.4 is 4.90 Å². The molecule has 3 nitrogen and oxygen atoms in total. The predicted molar refractivity (Wildman–Crippen MR) is 105 cm³/mol. The molecule has 3 heteroatoms. The topological polar surface area (TPSA) is 33.5 Å². The first-order valence-electron chi connectivity index (χ1n) is 9.10. The molecule has 0 saturated carbocycles. The number of nitrogens with zero attached hydrogens (tertiary/aromatic N) is 1. The zero-order valence-electron chi connectivity index (χ0n) is 15.6. The second kappa shape index (κ2) is 6.91. The van der Waals surface area contributed by atoms with Gasteiger partial charge < -0.3 is 9.32 Å². The minimum absolute atomic E-state index is 0.0397. The molecule has 1 aromatic heterocycles. The first kappa shape index (κ1) is 17.5. The average molecular weight is 337 g/mol. The molecule has 3 rings (SSSR count). The van der Waals surface area contributed by atoms with Crippen LogP contribution in [0.5, 0.6) is 0 Å². The molecule has 0 N–H and O–H groups in total. The van der Waals surface area contributed by atoms with Gasteiger partial charge >= 0.3 is 0 Å². The number of hydrogen-bond donors (Lipinski definition) is 0. The summed E-state index contributed by atoms with van der Waals surface area (Å²) in [5.41, 5.74) is 3.20. The Morgan fingerprint density at radius 2 is 1.88 bits per heavy atom. The summed E-state index contributed by atoms with van der Waals surface area (Å²) in [5, 5.41) is 1.10. The van der Waals surface area contributed by atoms with Gasteiger partial charge in [0.2, 0.25) is 0 Å². The number of allylic oxidation sites excluding steroid dienone is 3. The predicted octanol–water partition coefficient (Wildman–Crippen LogP) is 5.61. The number of benzene rings is 1. The van der Waals surface area contributed by atoms with Crippen LogP contribution in [0.3, 0.4) is 0 Å². The van der Waals surface area contributed by atoms with Gasteiger partial charge in [0.15, 0.2) is 5.78 Å². The molecule has 0 unspecified atom stereocenters. The fourth-order valence-electron chi connectivity index (χ4n) is 3.60. The van der Waals surface area contributed by atoms with Crippen molar-refractivity contribution in [2.45, 2.75) is 40.5 Å². The van der Waals surface area contributed by atoms with E-state index in [-0.39, 0.29) is 11.2 Å². The summed E-state index contributed by atoms with van der Waals surface area (Å²) < 4.78 is 5.99. The largest absolute Gasteiger partial charge is 0.457 e. The highest BCUT2D eigenvalue weighted by Gasteiger charge is 2.26. The molecule has 0 atom stereocenters. The fourth-order valence-corrected chi connectivity index (χ4v) is 3.60. The molecule has 1 aliphatic rings. The second-order valence-electron chi connectivity index (χ2n) is 7.58. The summed E-state index contributed by atoms with van der Waals surface area (Å²) in [6.07, 6.45) is 7.30. The Balaban J connectivity index is 1.83. The molecule has 0 spiro atoms. The minimum atomic E-state index is 0.0397. The Kier molecular flexibility index (Phi) is 4.85. The lowest BCUT2D eigenvalue weighted by Crippen LogP contribution is -2.21. The lowest BCUT2D eigenvalue weighted by atomic mass is 9.77. The van der Waals surface area contributed by atoms with Gasteiger partial charge in [0, 0.05) is 36.7 Å². The Hall–Kier alpha value is -2.29. The number of furan rings is 1. The maximum atomic E-state index is 11.9. The van der Waals surface area contributed by atoms with Crippen molar-refractivity contribution in [1.82, 2.24) is 0 Å². The third-order valence-corrected chi connectivity index (χ3v) is 4.79. The van der Waals surface area contributed by atoms with Crippen molar-refractivity contribution in [3.05, 3.63) is 47.8 Å². The van der Waals surface area contributed by atoms with Gasteiger partial charge in [0.25, 0.3) is 0 Å². The van der Waals surface area contributed by atoms with Crippen LogP contribution in [-0.4, -0.2) is 18.9 Å². The molecule has 1 aliphatic carbocycles. The molecular formula is C22H27NO2. The zero-order chi connectivity index (χ0) is 18.0. The molecule has 25 heavy (non-hydrogen) atoms. The highest BCUT2D eigenvalue weighted by molar-refractivity contribution is 5.92. The highest BCUT2D eigenvalue weighted by Crippen LogP contribution is 2.34. The summed E-state index contributed by atoms with van der Waals surface area (Å²) in [7, 11) is 0. The number of rotatable bonds is 5. The molecule has 0 bridgehead atoms. The van der Waals surface area contributed by atoms with Gasteiger partial charge in [0.05, 0.1) is 0 Å². The van der Waals surface area contributed by atoms with Crippen LogP contribution >= 0.6 is 0 Å². The van der Waals surface area contributed by atoms with Gasteiger partial charge in [-0.1, -0.05) is 19.9 Å². The standard InChI is InChI=1S/C22H27NO2/c1-5-23(6-2)18-9-8-17-12-20(25-21(17)13-18)10-7-16-11-19(24)15-22(3,4)14-16/h7-13H,5-6,14-15H2,1-4H3. The number of fused-ring (bicyclic) bond motifs is 1. The van der Waals surface area contributed by atoms with E-state index in [9.17, 15) is 4.79 Å². The van der Waals surface area contributed by atoms with Crippen molar-refractivity contribution in [3.8, 4) is 0 Å². The van der Waals surface area contributed by atoms with Gasteiger partial charge in [-0.05, 0) is 61.6 Å². The van der Waals surface area contributed by atoms with Crippen LogP contribution in [0.25, 0.3) is 17.0 Å². The number of hydrogen-bond acceptors (Lipinski definition) is 3. The molecule has 2 aromatic rings. The van der Waals surface area contributed by atoms with Crippen LogP contribution in [0.2, 0.25) is 0 Å². The van der Waals surface area contributed by atoms with Gasteiger partial charge in [-0.25, -0.2) is 0 Å². The van der Waals surface area contributed by atoms with Crippen LogP contribution in [0, 0.1) is 5.41 Å². The quantitative estimate of drug-likeness (QED) is 0.711. The van der Waals surface area contributed by atoms with E-state index in [1.807, 2.05) is 18.2 Å². The van der Waals surface area contributed by atoms with Crippen LogP contribution in [0.4, 0.5) is 5.69 Å². The van der Waals surface area contributed by atoms with E-state index in [2.05, 4.69) is 50.8 Å². The van der Waals surface area contributed by atoms with Crippen molar-refractivity contribution < 1.29 is 9.21 Å². The van der Waals surface area contributed by atoms with Gasteiger partial charge in [0.1, 0.15) is 11.3 Å². The molecule has 0 amide bonds. The molecule has 0 fully saturated rings. The number of carbonyl (C=O) groups is 1. The van der Waals surface area contributed by atoms with Gasteiger partial charge in [-0.15, -0.1) is 0 Å². The smallest absolute Gasteiger partial charge is 0.156 e. The molecular weight excluding hydrogens is 310 g/mol. The first-order chi connectivity index (χ1) is 11.9. The molecule has 0 radical (unpaired) electrons. The van der Waals surface area contributed by atoms with E-state index in [0.29, 0.717) is 6.42 Å². The van der Waals surface area contributed by atoms with Crippen molar-refractivity contribution in [2.24, 2.45) is 5.41 Å². The Morgan fingerprint density at radius 3 is 2.56 bits per heavy atom. The number of carbonyl (C=O) groups excluding carboxylic acids is 1. The molecule has 0 saturated heterocycles. The molecule has 0 aliphatic heterocycles. The monoisotopic (exact) mass is 337 g/mol. The summed E-state index contributed by atoms with van der Waals surface area (Å²) in [5.74, 6) is 1.03. The molecule has 132 valence electrons. The lowest BCUT2D eigenvalue weighted by molar-refractivity contribution is -0.116. The lowest BCUT2D eigenvalue weighted by Gasteiger charge is -2.27. The Morgan fingerprint density at radius 1 is 1.12 bits per heavy atom. The van der Waals surface area contributed by atoms with E-state index >= 15 is 0 Å². The van der Waals surface area contributed by atoms with Crippen molar-refractivity contribution >= 4 is 28.5 Å². The average Bonchev–Trinajstić information content (AvgIpc) is 2.94. The van der Waals surface area contributed by atoms with Crippen molar-refractivity contribution in [1.29, 1.82) is 0 Å². The van der Waals surface area contributed by atoms with E-state index in [1.54, 1.807) is 6.08 Å². The van der Waals surface area contributed by atoms with Crippen LogP contribution in [0.15, 0.2) is 46.4 Å². The van der Waals surface area contributed by atoms with Gasteiger partial charge in [-0.3, -0.25) is 4.79 Å². The van der Waals surface area contributed by atoms with Gasteiger partial charge in [-0.2, -0.15) is 0 Å². The Labute approximate surface area is 150 Å². The SMILES string of the molecule is CCN(CC)c1ccc2cc(C=CC3=CC(=O)CC(C)(C)C3)oc2c1. The van der Waals surface area contributed by atoms with E-state index < -0.39 is 0 Å². The second-order valence-corrected chi connectivity index (χ2v) is 7.58. The minimum Gasteiger partial charge on any atom is -0.457 e. The maximum absolute atomic E-state index is 11.9. The first-order valence-corrected chi connectivity index (χ1v) is 9.10. The van der Waals surface area contributed by atoms with Crippen LogP contribution in [-0.2, 0) is 4.79 Å². The van der Waals surface area contributed by atoms with E-state index in [1.165, 1.54) is 5.69 Å². The maximum Gasteiger partial charge on any atom is 0.156 e. The van der Waals surface area contributed by atoms with E-state index in [4.69, 9.17) is 4.42 Å². The summed E-state index contributed by atoms with van der Waals surface area (Å²) in [6.45, 7) is 10.6. The van der Waals surface area contributed by atoms with Crippen molar-refractivity contribution in [2.75, 3.05) is 18.0 Å². The molecule has 1 heterocycles. The normalized spacial score (nSPS) is 17.3.